The van der Waals surface area contributed by atoms with Gasteiger partial charge in [-0.1, -0.05) is 42.2 Å². The summed E-state index contributed by atoms with van der Waals surface area (Å²) >= 11 is 6.66. The standard InChI is InChI=1S/C25H16N4O3S2/c30-23-21(34-25(33)29(23)20-10-8-16(9-11-20)24(31)32)13-18-15-28(19-6-2-1-3-7-19)27-22(18)17-5-4-12-26-14-17/h1-15H,(H,31,32). The summed E-state index contributed by atoms with van der Waals surface area (Å²) in [6, 6.07) is 19.5. The first-order chi connectivity index (χ1) is 16.5. The minimum Gasteiger partial charge on any atom is -0.478 e. The molecule has 1 saturated heterocycles. The number of rotatable bonds is 5. The molecule has 166 valence electrons. The molecule has 4 aromatic rings. The van der Waals surface area contributed by atoms with Gasteiger partial charge in [0.2, 0.25) is 0 Å². The molecule has 0 saturated carbocycles. The number of pyridine rings is 1. The summed E-state index contributed by atoms with van der Waals surface area (Å²) in [5.74, 6) is -1.31. The number of carbonyl (C=O) groups is 2. The molecule has 9 heteroatoms. The summed E-state index contributed by atoms with van der Waals surface area (Å²) < 4.78 is 2.14. The van der Waals surface area contributed by atoms with Crippen LogP contribution in [0.4, 0.5) is 5.69 Å². The number of benzene rings is 2. The summed E-state index contributed by atoms with van der Waals surface area (Å²) in [7, 11) is 0. The fourth-order valence-electron chi connectivity index (χ4n) is 3.52. The Kier molecular flexibility index (Phi) is 5.79. The third-order valence-electron chi connectivity index (χ3n) is 5.15. The molecule has 2 aromatic carbocycles. The molecular formula is C25H16N4O3S2. The van der Waals surface area contributed by atoms with Gasteiger partial charge >= 0.3 is 5.97 Å². The molecule has 0 spiro atoms. The maximum atomic E-state index is 13.3. The van der Waals surface area contributed by atoms with E-state index < -0.39 is 5.97 Å². The number of anilines is 1. The molecule has 34 heavy (non-hydrogen) atoms. The molecule has 2 aromatic heterocycles. The molecule has 1 amide bonds. The van der Waals surface area contributed by atoms with Gasteiger partial charge in [-0.15, -0.1) is 0 Å². The molecular weight excluding hydrogens is 468 g/mol. The summed E-state index contributed by atoms with van der Waals surface area (Å²) in [4.78, 5) is 30.5. The third-order valence-corrected chi connectivity index (χ3v) is 6.45. The lowest BCUT2D eigenvalue weighted by Crippen LogP contribution is -2.27. The van der Waals surface area contributed by atoms with E-state index in [4.69, 9.17) is 22.4 Å². The molecule has 1 aliphatic heterocycles. The van der Waals surface area contributed by atoms with Gasteiger partial charge in [0.15, 0.2) is 4.32 Å². The number of carbonyl (C=O) groups excluding carboxylic acids is 1. The largest absolute Gasteiger partial charge is 0.478 e. The number of hydrogen-bond donors (Lipinski definition) is 1. The molecule has 0 atom stereocenters. The lowest BCUT2D eigenvalue weighted by molar-refractivity contribution is -0.113. The summed E-state index contributed by atoms with van der Waals surface area (Å²) in [6.45, 7) is 0. The predicted octanol–water partition coefficient (Wildman–Crippen LogP) is 5.04. The lowest BCUT2D eigenvalue weighted by Gasteiger charge is -2.14. The fourth-order valence-corrected chi connectivity index (χ4v) is 4.81. The highest BCUT2D eigenvalue weighted by molar-refractivity contribution is 8.27. The van der Waals surface area contributed by atoms with E-state index in [2.05, 4.69) is 4.98 Å². The number of para-hydroxylation sites is 1. The topological polar surface area (TPSA) is 88.3 Å². The SMILES string of the molecule is O=C(O)c1ccc(N2C(=O)C(=Cc3cn(-c4ccccc4)nc3-c3cccnc3)SC2=S)cc1. The molecule has 7 nitrogen and oxygen atoms in total. The van der Waals surface area contributed by atoms with Crippen LogP contribution in [0.15, 0.2) is 90.2 Å². The van der Waals surface area contributed by atoms with Crippen LogP contribution in [0.3, 0.4) is 0 Å². The van der Waals surface area contributed by atoms with Crippen LogP contribution < -0.4 is 4.90 Å². The van der Waals surface area contributed by atoms with Crippen LogP contribution in [0, 0.1) is 0 Å². The number of carboxylic acid groups (broad SMARTS) is 1. The van der Waals surface area contributed by atoms with E-state index >= 15 is 0 Å². The Labute approximate surface area is 204 Å². The van der Waals surface area contributed by atoms with Crippen molar-refractivity contribution >= 4 is 51.9 Å². The zero-order chi connectivity index (χ0) is 23.7. The zero-order valence-electron chi connectivity index (χ0n) is 17.5. The van der Waals surface area contributed by atoms with E-state index in [1.807, 2.05) is 48.7 Å². The van der Waals surface area contributed by atoms with Gasteiger partial charge in [-0.2, -0.15) is 5.10 Å². The molecule has 3 heterocycles. The van der Waals surface area contributed by atoms with Gasteiger partial charge in [0.1, 0.15) is 5.69 Å². The Morgan fingerprint density at radius 2 is 1.76 bits per heavy atom. The van der Waals surface area contributed by atoms with Crippen LogP contribution in [-0.4, -0.2) is 36.1 Å². The molecule has 1 aliphatic rings. The molecule has 5 rings (SSSR count). The van der Waals surface area contributed by atoms with Gasteiger partial charge < -0.3 is 5.11 Å². The first-order valence-corrected chi connectivity index (χ1v) is 11.4. The molecule has 0 bridgehead atoms. The minimum atomic E-state index is -1.03. The Hall–Kier alpha value is -4.08. The Morgan fingerprint density at radius 3 is 2.44 bits per heavy atom. The maximum Gasteiger partial charge on any atom is 0.335 e. The highest BCUT2D eigenvalue weighted by Gasteiger charge is 2.33. The van der Waals surface area contributed by atoms with Gasteiger partial charge in [-0.05, 0) is 54.6 Å². The highest BCUT2D eigenvalue weighted by Crippen LogP contribution is 2.37. The van der Waals surface area contributed by atoms with Gasteiger partial charge in [0.25, 0.3) is 5.91 Å². The molecule has 1 N–H and O–H groups in total. The molecule has 0 unspecified atom stereocenters. The van der Waals surface area contributed by atoms with Crippen LogP contribution in [0.1, 0.15) is 15.9 Å². The van der Waals surface area contributed by atoms with Crippen molar-refractivity contribution in [3.63, 3.8) is 0 Å². The molecule has 0 aliphatic carbocycles. The number of aromatic carboxylic acids is 1. The number of nitrogens with zero attached hydrogens (tertiary/aromatic N) is 4. The second-order valence-electron chi connectivity index (χ2n) is 7.32. The number of aromatic nitrogens is 3. The maximum absolute atomic E-state index is 13.3. The minimum absolute atomic E-state index is 0.138. The van der Waals surface area contributed by atoms with Crippen molar-refractivity contribution in [2.45, 2.75) is 0 Å². The highest BCUT2D eigenvalue weighted by atomic mass is 32.2. The van der Waals surface area contributed by atoms with Gasteiger partial charge in [0, 0.05) is 29.7 Å². The van der Waals surface area contributed by atoms with E-state index in [0.29, 0.717) is 20.6 Å². The van der Waals surface area contributed by atoms with Crippen molar-refractivity contribution in [1.29, 1.82) is 0 Å². The first kappa shape index (κ1) is 21.7. The van der Waals surface area contributed by atoms with E-state index in [9.17, 15) is 9.59 Å². The normalized spacial score (nSPS) is 14.7. The summed E-state index contributed by atoms with van der Waals surface area (Å²) in [5.41, 5.74) is 3.80. The van der Waals surface area contributed by atoms with Crippen LogP contribution in [-0.2, 0) is 4.79 Å². The average molecular weight is 485 g/mol. The fraction of sp³-hybridized carbons (Fsp3) is 0. The van der Waals surface area contributed by atoms with E-state index in [1.165, 1.54) is 28.8 Å². The smallest absolute Gasteiger partial charge is 0.335 e. The average Bonchev–Trinajstić information content (AvgIpc) is 3.41. The third kappa shape index (κ3) is 4.14. The number of thioether (sulfide) groups is 1. The van der Waals surface area contributed by atoms with Crippen molar-refractivity contribution in [2.75, 3.05) is 4.90 Å². The predicted molar refractivity (Wildman–Crippen MR) is 136 cm³/mol. The van der Waals surface area contributed by atoms with E-state index in [0.717, 1.165) is 16.8 Å². The van der Waals surface area contributed by atoms with Crippen LogP contribution in [0.5, 0.6) is 0 Å². The molecule has 0 radical (unpaired) electrons. The van der Waals surface area contributed by atoms with Gasteiger partial charge in [-0.25, -0.2) is 9.48 Å². The summed E-state index contributed by atoms with van der Waals surface area (Å²) in [6.07, 6.45) is 7.06. The second-order valence-corrected chi connectivity index (χ2v) is 9.00. The number of amides is 1. The quantitative estimate of drug-likeness (QED) is 0.314. The number of hydrogen-bond acceptors (Lipinski definition) is 6. The molecule has 1 fully saturated rings. The Bertz CT molecular complexity index is 1430. The van der Waals surface area contributed by atoms with Crippen molar-refractivity contribution in [2.24, 2.45) is 0 Å². The van der Waals surface area contributed by atoms with Gasteiger partial charge in [-0.3, -0.25) is 14.7 Å². The monoisotopic (exact) mass is 484 g/mol. The summed E-state index contributed by atoms with van der Waals surface area (Å²) in [5, 5.41) is 13.9. The number of thiocarbonyl (C=S) groups is 1. The van der Waals surface area contributed by atoms with Crippen molar-refractivity contribution in [3.05, 3.63) is 101 Å². The lowest BCUT2D eigenvalue weighted by atomic mass is 10.1. The van der Waals surface area contributed by atoms with Gasteiger partial charge in [0.05, 0.1) is 21.8 Å². The first-order valence-electron chi connectivity index (χ1n) is 10.2. The van der Waals surface area contributed by atoms with Crippen molar-refractivity contribution in [3.8, 4) is 16.9 Å². The number of carboxylic acids is 1. The van der Waals surface area contributed by atoms with Crippen molar-refractivity contribution in [1.82, 2.24) is 14.8 Å². The van der Waals surface area contributed by atoms with Crippen molar-refractivity contribution < 1.29 is 14.7 Å². The van der Waals surface area contributed by atoms with Crippen LogP contribution in [0.2, 0.25) is 0 Å². The van der Waals surface area contributed by atoms with E-state index in [-0.39, 0.29) is 11.5 Å². The van der Waals surface area contributed by atoms with Crippen LogP contribution >= 0.6 is 24.0 Å². The Morgan fingerprint density at radius 1 is 1.00 bits per heavy atom. The second kappa shape index (κ2) is 9.05. The van der Waals surface area contributed by atoms with E-state index in [1.54, 1.807) is 35.3 Å². The van der Waals surface area contributed by atoms with Crippen LogP contribution in [0.25, 0.3) is 23.0 Å². The zero-order valence-corrected chi connectivity index (χ0v) is 19.2. The Balaban J connectivity index is 1.54.